The highest BCUT2D eigenvalue weighted by molar-refractivity contribution is 7.98. The van der Waals surface area contributed by atoms with Crippen molar-refractivity contribution in [2.45, 2.75) is 74.7 Å². The monoisotopic (exact) mass is 525 g/mol. The third-order valence-electron chi connectivity index (χ3n) is 7.30. The average molecular weight is 526 g/mol. The van der Waals surface area contributed by atoms with Crippen LogP contribution in [0.15, 0.2) is 41.3 Å². The standard InChI is InChI=1S/C29H36FN3O3S/c1-32(26-12-13-28(35)31-29(26)36)18-24-22(19-34)8-7-9-27(24)37-20-23-11-10-21(16-25(23)30)17-33-14-5-3-2-4-6-15-33/h7-11,16,19,26H,2-6,12-15,17-18,20H2,1H3,(H,31,35,36). The van der Waals surface area contributed by atoms with Gasteiger partial charge in [-0.25, -0.2) is 4.39 Å². The van der Waals surface area contributed by atoms with Crippen LogP contribution in [0.2, 0.25) is 0 Å². The lowest BCUT2D eigenvalue weighted by atomic mass is 10.0. The van der Waals surface area contributed by atoms with Gasteiger partial charge in [-0.1, -0.05) is 43.5 Å². The van der Waals surface area contributed by atoms with Gasteiger partial charge in [0.25, 0.3) is 0 Å². The molecule has 2 aromatic carbocycles. The molecule has 1 unspecified atom stereocenters. The summed E-state index contributed by atoms with van der Waals surface area (Å²) in [4.78, 5) is 40.8. The van der Waals surface area contributed by atoms with E-state index in [1.807, 2.05) is 36.2 Å². The fourth-order valence-electron chi connectivity index (χ4n) is 5.15. The summed E-state index contributed by atoms with van der Waals surface area (Å²) in [6.07, 6.45) is 7.84. The number of hydrogen-bond donors (Lipinski definition) is 1. The number of piperidine rings is 1. The fourth-order valence-corrected chi connectivity index (χ4v) is 6.23. The largest absolute Gasteiger partial charge is 0.299 e. The minimum Gasteiger partial charge on any atom is -0.299 e. The molecule has 0 radical (unpaired) electrons. The first-order chi connectivity index (χ1) is 17.9. The zero-order chi connectivity index (χ0) is 26.2. The minimum atomic E-state index is -0.436. The second-order valence-electron chi connectivity index (χ2n) is 10.1. The number of benzene rings is 2. The number of carbonyl (C=O) groups excluding carboxylic acids is 3. The number of imide groups is 1. The molecule has 2 saturated heterocycles. The van der Waals surface area contributed by atoms with Crippen LogP contribution >= 0.6 is 11.8 Å². The molecule has 37 heavy (non-hydrogen) atoms. The van der Waals surface area contributed by atoms with Crippen LogP contribution in [0.1, 0.15) is 72.0 Å². The van der Waals surface area contributed by atoms with Crippen LogP contribution in [0, 0.1) is 5.82 Å². The lowest BCUT2D eigenvalue weighted by Gasteiger charge is -2.30. The smallest absolute Gasteiger partial charge is 0.243 e. The van der Waals surface area contributed by atoms with E-state index in [0.717, 1.165) is 41.9 Å². The summed E-state index contributed by atoms with van der Waals surface area (Å²) in [5.41, 5.74) is 2.99. The van der Waals surface area contributed by atoms with Crippen LogP contribution in [-0.2, 0) is 28.4 Å². The molecular formula is C29H36FN3O3S. The molecule has 0 spiro atoms. The van der Waals surface area contributed by atoms with E-state index in [1.54, 1.807) is 12.1 Å². The Morgan fingerprint density at radius 3 is 2.57 bits per heavy atom. The van der Waals surface area contributed by atoms with Gasteiger partial charge in [-0.3, -0.25) is 29.5 Å². The molecule has 2 aromatic rings. The number of likely N-dealkylation sites (tertiary alicyclic amines) is 1. The number of aldehydes is 1. The van der Waals surface area contributed by atoms with Crippen molar-refractivity contribution in [1.82, 2.24) is 15.1 Å². The Morgan fingerprint density at radius 1 is 1.11 bits per heavy atom. The van der Waals surface area contributed by atoms with Crippen molar-refractivity contribution in [1.29, 1.82) is 0 Å². The lowest BCUT2D eigenvalue weighted by Crippen LogP contribution is -2.51. The summed E-state index contributed by atoms with van der Waals surface area (Å²) in [6.45, 7) is 3.30. The number of halogens is 1. The molecule has 4 rings (SSSR count). The number of carbonyl (C=O) groups is 3. The summed E-state index contributed by atoms with van der Waals surface area (Å²) in [5, 5.41) is 2.39. The number of likely N-dealkylation sites (N-methyl/N-ethyl adjacent to an activating group) is 1. The van der Waals surface area contributed by atoms with Gasteiger partial charge >= 0.3 is 0 Å². The maximum atomic E-state index is 15.1. The van der Waals surface area contributed by atoms with E-state index in [-0.39, 0.29) is 17.6 Å². The van der Waals surface area contributed by atoms with E-state index in [0.29, 0.717) is 36.3 Å². The first kappa shape index (κ1) is 27.5. The van der Waals surface area contributed by atoms with Crippen molar-refractivity contribution in [2.24, 2.45) is 0 Å². The zero-order valence-corrected chi connectivity index (χ0v) is 22.3. The maximum absolute atomic E-state index is 15.1. The number of rotatable bonds is 9. The molecule has 6 nitrogen and oxygen atoms in total. The zero-order valence-electron chi connectivity index (χ0n) is 21.5. The van der Waals surface area contributed by atoms with E-state index in [1.165, 1.54) is 43.9 Å². The molecule has 1 N–H and O–H groups in total. The molecule has 2 aliphatic heterocycles. The highest BCUT2D eigenvalue weighted by atomic mass is 32.2. The molecule has 1 atom stereocenters. The molecule has 0 aromatic heterocycles. The third-order valence-corrected chi connectivity index (χ3v) is 8.45. The Morgan fingerprint density at radius 2 is 1.86 bits per heavy atom. The van der Waals surface area contributed by atoms with Crippen LogP contribution in [0.5, 0.6) is 0 Å². The van der Waals surface area contributed by atoms with Crippen LogP contribution in [0.4, 0.5) is 4.39 Å². The van der Waals surface area contributed by atoms with E-state index < -0.39 is 6.04 Å². The number of hydrogen-bond acceptors (Lipinski definition) is 6. The molecule has 2 heterocycles. The Kier molecular flexibility index (Phi) is 9.88. The Bertz CT molecular complexity index is 1120. The fraction of sp³-hybridized carbons (Fsp3) is 0.483. The predicted octanol–water partition coefficient (Wildman–Crippen LogP) is 4.93. The molecule has 2 fully saturated rings. The van der Waals surface area contributed by atoms with Crippen LogP contribution in [-0.4, -0.2) is 54.1 Å². The molecule has 0 bridgehead atoms. The summed E-state index contributed by atoms with van der Waals surface area (Å²) < 4.78 is 15.1. The lowest BCUT2D eigenvalue weighted by molar-refractivity contribution is -0.137. The molecule has 198 valence electrons. The molecule has 8 heteroatoms. The van der Waals surface area contributed by atoms with E-state index in [2.05, 4.69) is 10.2 Å². The van der Waals surface area contributed by atoms with Gasteiger partial charge in [0.05, 0.1) is 6.04 Å². The second kappa shape index (κ2) is 13.3. The van der Waals surface area contributed by atoms with Crippen LogP contribution in [0.3, 0.4) is 0 Å². The Balaban J connectivity index is 1.42. The third kappa shape index (κ3) is 7.49. The summed E-state index contributed by atoms with van der Waals surface area (Å²) >= 11 is 1.49. The number of nitrogens with zero attached hydrogens (tertiary/aromatic N) is 2. The van der Waals surface area contributed by atoms with Gasteiger partial charge in [-0.15, -0.1) is 11.8 Å². The number of thioether (sulfide) groups is 1. The highest BCUT2D eigenvalue weighted by Gasteiger charge is 2.30. The minimum absolute atomic E-state index is 0.203. The average Bonchev–Trinajstić information content (AvgIpc) is 2.85. The topological polar surface area (TPSA) is 69.7 Å². The SMILES string of the molecule is CN(Cc1c(C=O)cccc1SCc1ccc(CN2CCCCCCC2)cc1F)C1CCC(=O)NC1=O. The van der Waals surface area contributed by atoms with Crippen molar-refractivity contribution < 1.29 is 18.8 Å². The van der Waals surface area contributed by atoms with Crippen molar-refractivity contribution in [2.75, 3.05) is 20.1 Å². The van der Waals surface area contributed by atoms with Gasteiger partial charge in [0.15, 0.2) is 0 Å². The van der Waals surface area contributed by atoms with Gasteiger partial charge < -0.3 is 0 Å². The number of nitrogens with one attached hydrogen (secondary N) is 1. The van der Waals surface area contributed by atoms with Crippen molar-refractivity contribution in [3.8, 4) is 0 Å². The predicted molar refractivity (Wildman–Crippen MR) is 144 cm³/mol. The van der Waals surface area contributed by atoms with Gasteiger partial charge in [-0.05, 0) is 68.2 Å². The Labute approximate surface area is 223 Å². The van der Waals surface area contributed by atoms with Gasteiger partial charge in [0.1, 0.15) is 12.1 Å². The van der Waals surface area contributed by atoms with E-state index in [4.69, 9.17) is 0 Å². The normalized spacial score (nSPS) is 19.4. The molecular weight excluding hydrogens is 489 g/mol. The number of amides is 2. The quantitative estimate of drug-likeness (QED) is 0.284. The van der Waals surface area contributed by atoms with Crippen LogP contribution in [0.25, 0.3) is 0 Å². The van der Waals surface area contributed by atoms with Gasteiger partial charge in [0, 0.05) is 35.7 Å². The van der Waals surface area contributed by atoms with Gasteiger partial charge in [0.2, 0.25) is 11.8 Å². The van der Waals surface area contributed by atoms with Crippen LogP contribution < -0.4 is 5.32 Å². The van der Waals surface area contributed by atoms with Crippen molar-refractivity contribution >= 4 is 29.9 Å². The Hall–Kier alpha value is -2.55. The summed E-state index contributed by atoms with van der Waals surface area (Å²) in [6, 6.07) is 10.6. The maximum Gasteiger partial charge on any atom is 0.243 e. The van der Waals surface area contributed by atoms with Crippen molar-refractivity contribution in [3.05, 3.63) is 64.5 Å². The molecule has 0 aliphatic carbocycles. The van der Waals surface area contributed by atoms with Crippen molar-refractivity contribution in [3.63, 3.8) is 0 Å². The second-order valence-corrected chi connectivity index (χ2v) is 11.1. The molecule has 2 aliphatic rings. The first-order valence-electron chi connectivity index (χ1n) is 13.2. The van der Waals surface area contributed by atoms with Gasteiger partial charge in [-0.2, -0.15) is 0 Å². The summed E-state index contributed by atoms with van der Waals surface area (Å²) in [7, 11) is 1.82. The van der Waals surface area contributed by atoms with E-state index >= 15 is 4.39 Å². The molecule has 0 saturated carbocycles. The molecule has 2 amide bonds. The first-order valence-corrected chi connectivity index (χ1v) is 14.2. The highest BCUT2D eigenvalue weighted by Crippen LogP contribution is 2.31. The van der Waals surface area contributed by atoms with E-state index in [9.17, 15) is 14.4 Å². The summed E-state index contributed by atoms with van der Waals surface area (Å²) in [5.74, 6) is -0.331.